The van der Waals surface area contributed by atoms with Crippen LogP contribution < -0.4 is 0 Å². The molecule has 1 rings (SSSR count). The van der Waals surface area contributed by atoms with Gasteiger partial charge in [-0.3, -0.25) is 0 Å². The normalized spacial score (nSPS) is 28.9. The molecule has 1 aliphatic rings. The highest BCUT2D eigenvalue weighted by Crippen LogP contribution is 2.09. The molecule has 0 aliphatic carbocycles. The molecule has 0 spiro atoms. The lowest BCUT2D eigenvalue weighted by molar-refractivity contribution is -0.277. The molecule has 0 aromatic heterocycles. The van der Waals surface area contributed by atoms with Gasteiger partial charge in [-0.15, -0.1) is 0 Å². The number of ether oxygens (including phenoxy) is 1. The molecule has 0 bridgehead atoms. The fourth-order valence-corrected chi connectivity index (χ4v) is 0.602. The second kappa shape index (κ2) is 3.02. The Balaban J connectivity index is 2.06. The summed E-state index contributed by atoms with van der Waals surface area (Å²) < 4.78 is 4.95. The van der Waals surface area contributed by atoms with Crippen LogP contribution >= 0.6 is 0 Å². The van der Waals surface area contributed by atoms with Gasteiger partial charge in [0.05, 0.1) is 0 Å². The second-order valence-corrected chi connectivity index (χ2v) is 1.72. The first-order valence-electron chi connectivity index (χ1n) is 2.83. The number of hydrogen-bond donors (Lipinski definition) is 0. The highest BCUT2D eigenvalue weighted by molar-refractivity contribution is 4.40. The van der Waals surface area contributed by atoms with Gasteiger partial charge in [0, 0.05) is 6.42 Å². The topological polar surface area (TPSA) is 27.7 Å². The minimum Gasteiger partial charge on any atom is -0.320 e. The Bertz CT molecular complexity index is 58.7. The summed E-state index contributed by atoms with van der Waals surface area (Å²) in [5.41, 5.74) is 0. The Hall–Kier alpha value is -0.120. The van der Waals surface area contributed by atoms with Crippen molar-refractivity contribution in [2.75, 3.05) is 6.79 Å². The van der Waals surface area contributed by atoms with Crippen LogP contribution in [0.25, 0.3) is 0 Å². The summed E-state index contributed by atoms with van der Waals surface area (Å²) in [6, 6.07) is 0. The van der Waals surface area contributed by atoms with E-state index >= 15 is 0 Å². The zero-order valence-electron chi connectivity index (χ0n) is 4.92. The third kappa shape index (κ3) is 1.43. The van der Waals surface area contributed by atoms with Gasteiger partial charge in [-0.25, -0.2) is 9.78 Å². The van der Waals surface area contributed by atoms with Gasteiger partial charge in [0.15, 0.2) is 13.1 Å². The molecule has 1 unspecified atom stereocenters. The highest BCUT2D eigenvalue weighted by Gasteiger charge is 2.15. The van der Waals surface area contributed by atoms with Crippen LogP contribution in [0.3, 0.4) is 0 Å². The molecule has 1 fully saturated rings. The van der Waals surface area contributed by atoms with Crippen molar-refractivity contribution < 1.29 is 14.5 Å². The van der Waals surface area contributed by atoms with Crippen molar-refractivity contribution >= 4 is 0 Å². The Morgan fingerprint density at radius 1 is 1.62 bits per heavy atom. The lowest BCUT2D eigenvalue weighted by atomic mass is 10.3. The van der Waals surface area contributed by atoms with E-state index in [9.17, 15) is 0 Å². The van der Waals surface area contributed by atoms with Crippen molar-refractivity contribution in [3.05, 3.63) is 0 Å². The molecule has 1 saturated heterocycles. The highest BCUT2D eigenvalue weighted by atomic mass is 17.3. The Kier molecular flexibility index (Phi) is 2.27. The maximum absolute atomic E-state index is 4.95. The fourth-order valence-electron chi connectivity index (χ4n) is 0.602. The van der Waals surface area contributed by atoms with Crippen molar-refractivity contribution in [3.8, 4) is 0 Å². The molecule has 0 amide bonds. The van der Waals surface area contributed by atoms with Crippen LogP contribution in [-0.4, -0.2) is 13.1 Å². The summed E-state index contributed by atoms with van der Waals surface area (Å²) in [5, 5.41) is 0. The molecule has 0 radical (unpaired) electrons. The van der Waals surface area contributed by atoms with E-state index in [2.05, 4.69) is 16.7 Å². The van der Waals surface area contributed by atoms with Crippen LogP contribution in [0.4, 0.5) is 0 Å². The summed E-state index contributed by atoms with van der Waals surface area (Å²) in [6.45, 7) is 2.36. The van der Waals surface area contributed by atoms with Gasteiger partial charge in [0.2, 0.25) is 0 Å². The van der Waals surface area contributed by atoms with Crippen molar-refractivity contribution in [1.82, 2.24) is 0 Å². The summed E-state index contributed by atoms with van der Waals surface area (Å²) in [4.78, 5) is 9.16. The molecule has 0 N–H and O–H groups in total. The van der Waals surface area contributed by atoms with E-state index < -0.39 is 0 Å². The molecule has 0 aromatic rings. The van der Waals surface area contributed by atoms with Crippen LogP contribution in [0.2, 0.25) is 0 Å². The average molecular weight is 118 g/mol. The predicted octanol–water partition coefficient (Wildman–Crippen LogP) is 1.05. The maximum atomic E-state index is 4.95. The van der Waals surface area contributed by atoms with Crippen molar-refractivity contribution in [3.63, 3.8) is 0 Å². The fraction of sp³-hybridized carbons (Fsp3) is 1.00. The quantitative estimate of drug-likeness (QED) is 0.507. The first-order valence-corrected chi connectivity index (χ1v) is 2.83. The van der Waals surface area contributed by atoms with Crippen LogP contribution in [0, 0.1) is 0 Å². The zero-order chi connectivity index (χ0) is 5.82. The summed E-state index contributed by atoms with van der Waals surface area (Å²) in [6.07, 6.45) is 1.87. The Labute approximate surface area is 48.5 Å². The molecule has 3 nitrogen and oxygen atoms in total. The first-order chi connectivity index (χ1) is 3.93. The molecule has 1 atom stereocenters. The average Bonchev–Trinajstić information content (AvgIpc) is 2.19. The van der Waals surface area contributed by atoms with E-state index in [-0.39, 0.29) is 13.1 Å². The van der Waals surface area contributed by atoms with Crippen molar-refractivity contribution in [2.24, 2.45) is 0 Å². The zero-order valence-corrected chi connectivity index (χ0v) is 4.92. The molecular formula is C5H10O3. The van der Waals surface area contributed by atoms with E-state index in [1.807, 2.05) is 0 Å². The Morgan fingerprint density at radius 2 is 2.50 bits per heavy atom. The lowest BCUT2D eigenvalue weighted by Gasteiger charge is -2.00. The Morgan fingerprint density at radius 3 is 3.00 bits per heavy atom. The third-order valence-electron chi connectivity index (χ3n) is 1.00. The molecule has 48 valence electrons. The summed E-state index contributed by atoms with van der Waals surface area (Å²) in [7, 11) is 0. The predicted molar refractivity (Wildman–Crippen MR) is 26.8 cm³/mol. The standard InChI is InChI=1S/C5H10O3/c1-2-3-5-6-4-7-8-5/h5H,2-4H2,1H3. The summed E-state index contributed by atoms with van der Waals surface area (Å²) >= 11 is 0. The number of hydrogen-bond acceptors (Lipinski definition) is 3. The monoisotopic (exact) mass is 118 g/mol. The first kappa shape index (κ1) is 6.01. The van der Waals surface area contributed by atoms with Crippen molar-refractivity contribution in [2.45, 2.75) is 26.1 Å². The molecule has 1 aliphatic heterocycles. The largest absolute Gasteiger partial charge is 0.320 e. The molecule has 0 saturated carbocycles. The van der Waals surface area contributed by atoms with Gasteiger partial charge in [0.1, 0.15) is 0 Å². The summed E-state index contributed by atoms with van der Waals surface area (Å²) in [5.74, 6) is 0. The van der Waals surface area contributed by atoms with Crippen molar-refractivity contribution in [1.29, 1.82) is 0 Å². The molecule has 0 aromatic carbocycles. The van der Waals surface area contributed by atoms with Gasteiger partial charge in [0.25, 0.3) is 0 Å². The molecule has 1 heterocycles. The van der Waals surface area contributed by atoms with Crippen LogP contribution in [0.15, 0.2) is 0 Å². The molecule has 3 heteroatoms. The SMILES string of the molecule is CCCC1OCOO1. The minimum atomic E-state index is -0.111. The van der Waals surface area contributed by atoms with E-state index in [0.29, 0.717) is 0 Å². The van der Waals surface area contributed by atoms with Gasteiger partial charge >= 0.3 is 0 Å². The van der Waals surface area contributed by atoms with Crippen LogP contribution in [-0.2, 0) is 14.5 Å². The van der Waals surface area contributed by atoms with Crippen LogP contribution in [0.1, 0.15) is 19.8 Å². The molecule has 8 heavy (non-hydrogen) atoms. The maximum Gasteiger partial charge on any atom is 0.194 e. The smallest absolute Gasteiger partial charge is 0.194 e. The third-order valence-corrected chi connectivity index (χ3v) is 1.00. The van der Waals surface area contributed by atoms with Gasteiger partial charge in [-0.05, 0) is 0 Å². The van der Waals surface area contributed by atoms with Gasteiger partial charge in [-0.1, -0.05) is 13.3 Å². The van der Waals surface area contributed by atoms with Crippen LogP contribution in [0.5, 0.6) is 0 Å². The second-order valence-electron chi connectivity index (χ2n) is 1.72. The lowest BCUT2D eigenvalue weighted by Crippen LogP contribution is -2.05. The van der Waals surface area contributed by atoms with E-state index in [1.54, 1.807) is 0 Å². The molecular weight excluding hydrogens is 108 g/mol. The van der Waals surface area contributed by atoms with Gasteiger partial charge < -0.3 is 4.74 Å². The minimum absolute atomic E-state index is 0.111. The van der Waals surface area contributed by atoms with E-state index in [1.165, 1.54) is 0 Å². The van der Waals surface area contributed by atoms with E-state index in [0.717, 1.165) is 12.8 Å². The van der Waals surface area contributed by atoms with E-state index in [4.69, 9.17) is 4.74 Å². The number of rotatable bonds is 2. The van der Waals surface area contributed by atoms with Gasteiger partial charge in [-0.2, -0.15) is 0 Å².